The Labute approximate surface area is 160 Å². The first kappa shape index (κ1) is 19.9. The SMILES string of the molecule is CCN(CC)C(=O)c1ccc(NC(=O)Cn2ncc(Cl)c(Cl)c2=O)cc1. The van der Waals surface area contributed by atoms with Crippen LogP contribution in [0.25, 0.3) is 0 Å². The predicted molar refractivity (Wildman–Crippen MR) is 101 cm³/mol. The van der Waals surface area contributed by atoms with Crippen LogP contribution in [-0.4, -0.2) is 39.6 Å². The second kappa shape index (κ2) is 8.82. The summed E-state index contributed by atoms with van der Waals surface area (Å²) in [6.45, 7) is 4.76. The van der Waals surface area contributed by atoms with Crippen LogP contribution in [0.1, 0.15) is 24.2 Å². The van der Waals surface area contributed by atoms with Crippen LogP contribution >= 0.6 is 23.2 Å². The molecule has 0 aliphatic carbocycles. The van der Waals surface area contributed by atoms with E-state index in [0.717, 1.165) is 4.68 Å². The molecule has 7 nitrogen and oxygen atoms in total. The number of hydrogen-bond acceptors (Lipinski definition) is 4. The number of halogens is 2. The Morgan fingerprint density at radius 2 is 1.77 bits per heavy atom. The fourth-order valence-corrected chi connectivity index (χ4v) is 2.55. The van der Waals surface area contributed by atoms with Crippen molar-refractivity contribution in [1.82, 2.24) is 14.7 Å². The van der Waals surface area contributed by atoms with E-state index in [4.69, 9.17) is 23.2 Å². The van der Waals surface area contributed by atoms with E-state index in [1.807, 2.05) is 13.8 Å². The molecule has 0 aliphatic rings. The van der Waals surface area contributed by atoms with Crippen LogP contribution in [0, 0.1) is 0 Å². The monoisotopic (exact) mass is 396 g/mol. The minimum absolute atomic E-state index is 0.0294. The number of carbonyl (C=O) groups excluding carboxylic acids is 2. The second-order valence-electron chi connectivity index (χ2n) is 5.37. The lowest BCUT2D eigenvalue weighted by atomic mass is 10.1. The highest BCUT2D eigenvalue weighted by atomic mass is 35.5. The number of benzene rings is 1. The summed E-state index contributed by atoms with van der Waals surface area (Å²) in [5, 5.41) is 6.25. The average Bonchev–Trinajstić information content (AvgIpc) is 2.63. The van der Waals surface area contributed by atoms with Crippen molar-refractivity contribution in [3.05, 3.63) is 56.4 Å². The van der Waals surface area contributed by atoms with Gasteiger partial charge in [-0.3, -0.25) is 14.4 Å². The molecule has 2 rings (SSSR count). The summed E-state index contributed by atoms with van der Waals surface area (Å²) in [6.07, 6.45) is 1.20. The Morgan fingerprint density at radius 3 is 2.35 bits per heavy atom. The summed E-state index contributed by atoms with van der Waals surface area (Å²) in [4.78, 5) is 37.9. The molecule has 26 heavy (non-hydrogen) atoms. The molecule has 1 aromatic heterocycles. The van der Waals surface area contributed by atoms with Crippen LogP contribution in [0.3, 0.4) is 0 Å². The number of aromatic nitrogens is 2. The zero-order chi connectivity index (χ0) is 19.3. The Hall–Kier alpha value is -2.38. The Bertz CT molecular complexity index is 861. The molecule has 0 aliphatic heterocycles. The molecule has 1 heterocycles. The van der Waals surface area contributed by atoms with E-state index in [0.29, 0.717) is 24.3 Å². The fraction of sp³-hybridized carbons (Fsp3) is 0.294. The summed E-state index contributed by atoms with van der Waals surface area (Å²) < 4.78 is 0.918. The quantitative estimate of drug-likeness (QED) is 0.813. The molecule has 0 spiro atoms. The number of rotatable bonds is 6. The largest absolute Gasteiger partial charge is 0.339 e. The molecule has 1 N–H and O–H groups in total. The van der Waals surface area contributed by atoms with Crippen molar-refractivity contribution in [3.8, 4) is 0 Å². The van der Waals surface area contributed by atoms with E-state index in [-0.39, 0.29) is 22.5 Å². The van der Waals surface area contributed by atoms with Crippen LogP contribution in [0.4, 0.5) is 5.69 Å². The number of amides is 2. The Morgan fingerprint density at radius 1 is 1.15 bits per heavy atom. The first-order valence-corrected chi connectivity index (χ1v) is 8.73. The van der Waals surface area contributed by atoms with Gasteiger partial charge in [0.25, 0.3) is 11.5 Å². The van der Waals surface area contributed by atoms with Crippen molar-refractivity contribution in [2.45, 2.75) is 20.4 Å². The molecular formula is C17H18Cl2N4O3. The van der Waals surface area contributed by atoms with Gasteiger partial charge < -0.3 is 10.2 Å². The molecule has 2 aromatic rings. The molecule has 0 atom stereocenters. The summed E-state index contributed by atoms with van der Waals surface area (Å²) in [7, 11) is 0. The molecule has 1 aromatic carbocycles. The molecule has 0 saturated carbocycles. The van der Waals surface area contributed by atoms with Gasteiger partial charge in [-0.05, 0) is 38.1 Å². The predicted octanol–water partition coefficient (Wildman–Crippen LogP) is 2.67. The Kier molecular flexibility index (Phi) is 6.76. The number of anilines is 1. The molecule has 9 heteroatoms. The number of nitrogens with zero attached hydrogens (tertiary/aromatic N) is 3. The van der Waals surface area contributed by atoms with Gasteiger partial charge in [-0.15, -0.1) is 0 Å². The summed E-state index contributed by atoms with van der Waals surface area (Å²) in [6, 6.07) is 6.53. The topological polar surface area (TPSA) is 84.3 Å². The van der Waals surface area contributed by atoms with Crippen LogP contribution in [-0.2, 0) is 11.3 Å². The summed E-state index contributed by atoms with van der Waals surface area (Å²) in [5.74, 6) is -0.528. The third-order valence-electron chi connectivity index (χ3n) is 3.70. The van der Waals surface area contributed by atoms with Gasteiger partial charge in [-0.2, -0.15) is 5.10 Å². The number of nitrogens with one attached hydrogen (secondary N) is 1. The molecule has 0 unspecified atom stereocenters. The van der Waals surface area contributed by atoms with Gasteiger partial charge in [0.15, 0.2) is 0 Å². The van der Waals surface area contributed by atoms with Gasteiger partial charge in [0, 0.05) is 24.3 Å². The highest BCUT2D eigenvalue weighted by Crippen LogP contribution is 2.15. The van der Waals surface area contributed by atoms with Crippen LogP contribution in [0.2, 0.25) is 10.0 Å². The van der Waals surface area contributed by atoms with Crippen molar-refractivity contribution in [2.75, 3.05) is 18.4 Å². The fourth-order valence-electron chi connectivity index (χ4n) is 2.28. The van der Waals surface area contributed by atoms with E-state index in [1.165, 1.54) is 6.20 Å². The van der Waals surface area contributed by atoms with Gasteiger partial charge in [0.05, 0.1) is 11.2 Å². The van der Waals surface area contributed by atoms with E-state index in [9.17, 15) is 14.4 Å². The molecule has 0 saturated heterocycles. The van der Waals surface area contributed by atoms with Crippen molar-refractivity contribution in [1.29, 1.82) is 0 Å². The minimum Gasteiger partial charge on any atom is -0.339 e. The lowest BCUT2D eigenvalue weighted by molar-refractivity contribution is -0.117. The van der Waals surface area contributed by atoms with Gasteiger partial charge in [-0.25, -0.2) is 4.68 Å². The van der Waals surface area contributed by atoms with Crippen LogP contribution in [0.15, 0.2) is 35.3 Å². The maximum absolute atomic E-state index is 12.2. The highest BCUT2D eigenvalue weighted by Gasteiger charge is 2.13. The van der Waals surface area contributed by atoms with Crippen molar-refractivity contribution < 1.29 is 9.59 Å². The molecule has 0 radical (unpaired) electrons. The third-order valence-corrected chi connectivity index (χ3v) is 4.45. The first-order valence-electron chi connectivity index (χ1n) is 7.97. The first-order chi connectivity index (χ1) is 12.4. The van der Waals surface area contributed by atoms with Gasteiger partial charge in [0.2, 0.25) is 5.91 Å². The Balaban J connectivity index is 2.05. The van der Waals surface area contributed by atoms with E-state index in [2.05, 4.69) is 10.4 Å². The standard InChI is InChI=1S/C17H18Cl2N4O3/c1-3-22(4-2)16(25)11-5-7-12(8-6-11)21-14(24)10-23-17(26)15(19)13(18)9-20-23/h5-9H,3-4,10H2,1-2H3,(H,21,24). The third kappa shape index (κ3) is 4.62. The van der Waals surface area contributed by atoms with Crippen molar-refractivity contribution in [3.63, 3.8) is 0 Å². The zero-order valence-electron chi connectivity index (χ0n) is 14.3. The second-order valence-corrected chi connectivity index (χ2v) is 6.16. The average molecular weight is 397 g/mol. The van der Waals surface area contributed by atoms with Crippen molar-refractivity contribution >= 4 is 40.7 Å². The molecular weight excluding hydrogens is 379 g/mol. The normalized spacial score (nSPS) is 10.5. The highest BCUT2D eigenvalue weighted by molar-refractivity contribution is 6.41. The smallest absolute Gasteiger partial charge is 0.287 e. The zero-order valence-corrected chi connectivity index (χ0v) is 15.8. The molecule has 0 bridgehead atoms. The maximum atomic E-state index is 12.2. The number of hydrogen-bond donors (Lipinski definition) is 1. The van der Waals surface area contributed by atoms with Crippen molar-refractivity contribution in [2.24, 2.45) is 0 Å². The van der Waals surface area contributed by atoms with E-state index >= 15 is 0 Å². The summed E-state index contributed by atoms with van der Waals surface area (Å²) in [5.41, 5.74) is 0.391. The van der Waals surface area contributed by atoms with E-state index < -0.39 is 11.5 Å². The van der Waals surface area contributed by atoms with Gasteiger partial charge >= 0.3 is 0 Å². The maximum Gasteiger partial charge on any atom is 0.287 e. The molecule has 2 amide bonds. The molecule has 0 fully saturated rings. The minimum atomic E-state index is -0.644. The van der Waals surface area contributed by atoms with E-state index in [1.54, 1.807) is 29.2 Å². The van der Waals surface area contributed by atoms with Crippen LogP contribution in [0.5, 0.6) is 0 Å². The van der Waals surface area contributed by atoms with Crippen LogP contribution < -0.4 is 10.9 Å². The lowest BCUT2D eigenvalue weighted by Crippen LogP contribution is -2.30. The molecule has 138 valence electrons. The van der Waals surface area contributed by atoms with Gasteiger partial charge in [0.1, 0.15) is 11.6 Å². The number of carbonyl (C=O) groups is 2. The summed E-state index contributed by atoms with van der Waals surface area (Å²) >= 11 is 11.4. The van der Waals surface area contributed by atoms with Gasteiger partial charge in [-0.1, -0.05) is 23.2 Å². The lowest BCUT2D eigenvalue weighted by Gasteiger charge is -2.18.